The van der Waals surface area contributed by atoms with E-state index in [-0.39, 0.29) is 36.6 Å². The van der Waals surface area contributed by atoms with Crippen LogP contribution in [0, 0.1) is 11.3 Å². The minimum Gasteiger partial charge on any atom is -0.481 e. The fourth-order valence-corrected chi connectivity index (χ4v) is 2.98. The summed E-state index contributed by atoms with van der Waals surface area (Å²) in [6.45, 7) is 2.72. The third-order valence-corrected chi connectivity index (χ3v) is 3.70. The monoisotopic (exact) mass is 285 g/mol. The van der Waals surface area contributed by atoms with E-state index in [1.165, 1.54) is 19.3 Å². The molecule has 0 bridgehead atoms. The predicted molar refractivity (Wildman–Crippen MR) is 75.1 cm³/mol. The van der Waals surface area contributed by atoms with Crippen LogP contribution in [-0.4, -0.2) is 17.6 Å². The molecular weight excluding hydrogens is 261 g/mol. The number of carbonyl (C=O) groups is 1. The number of hydrogen-bond donors (Lipinski definition) is 2. The van der Waals surface area contributed by atoms with Crippen LogP contribution in [0.4, 0.5) is 0 Å². The molecule has 0 radical (unpaired) electrons. The molecule has 0 aromatic carbocycles. The van der Waals surface area contributed by atoms with Gasteiger partial charge in [-0.15, -0.1) is 24.8 Å². The zero-order valence-electron chi connectivity index (χ0n) is 10.5. The number of carboxylic acids is 1. The van der Waals surface area contributed by atoms with E-state index in [0.29, 0.717) is 12.5 Å². The van der Waals surface area contributed by atoms with E-state index in [1.54, 1.807) is 0 Å². The summed E-state index contributed by atoms with van der Waals surface area (Å²) in [7, 11) is 0. The van der Waals surface area contributed by atoms with E-state index in [2.05, 4.69) is 6.92 Å². The smallest absolute Gasteiger partial charge is 0.303 e. The molecule has 5 heteroatoms. The fraction of sp³-hybridized carbons (Fsp3) is 0.917. The van der Waals surface area contributed by atoms with Crippen molar-refractivity contribution in [3.8, 4) is 0 Å². The van der Waals surface area contributed by atoms with E-state index < -0.39 is 5.97 Å². The first-order valence-corrected chi connectivity index (χ1v) is 6.04. The van der Waals surface area contributed by atoms with Crippen molar-refractivity contribution in [3.63, 3.8) is 0 Å². The maximum Gasteiger partial charge on any atom is 0.303 e. The van der Waals surface area contributed by atoms with Crippen LogP contribution >= 0.6 is 24.8 Å². The summed E-state index contributed by atoms with van der Waals surface area (Å²) < 4.78 is 0. The first-order valence-electron chi connectivity index (χ1n) is 6.04. The van der Waals surface area contributed by atoms with Gasteiger partial charge in [0.05, 0.1) is 6.42 Å². The van der Waals surface area contributed by atoms with Crippen LogP contribution in [0.1, 0.15) is 51.9 Å². The molecule has 1 rings (SSSR count). The van der Waals surface area contributed by atoms with Crippen molar-refractivity contribution < 1.29 is 9.90 Å². The minimum absolute atomic E-state index is 0. The van der Waals surface area contributed by atoms with E-state index in [0.717, 1.165) is 19.3 Å². The van der Waals surface area contributed by atoms with Gasteiger partial charge in [0.2, 0.25) is 0 Å². The van der Waals surface area contributed by atoms with Crippen molar-refractivity contribution in [2.24, 2.45) is 17.1 Å². The standard InChI is InChI=1S/C12H23NO2.2ClH/c1-2-4-10-5-3-6-12(7-10,9-13)8-11(14)15;;/h10H,2-9,13H2,1H3,(H,14,15);2*1H. The highest BCUT2D eigenvalue weighted by atomic mass is 35.5. The van der Waals surface area contributed by atoms with Crippen LogP contribution < -0.4 is 5.73 Å². The Morgan fingerprint density at radius 3 is 2.59 bits per heavy atom. The van der Waals surface area contributed by atoms with Gasteiger partial charge < -0.3 is 10.8 Å². The molecular formula is C12H25Cl2NO2. The molecule has 0 saturated heterocycles. The van der Waals surface area contributed by atoms with Gasteiger partial charge in [-0.1, -0.05) is 32.6 Å². The summed E-state index contributed by atoms with van der Waals surface area (Å²) in [5.74, 6) is 0.00393. The first-order chi connectivity index (χ1) is 7.12. The molecule has 104 valence electrons. The van der Waals surface area contributed by atoms with Gasteiger partial charge in [-0.25, -0.2) is 0 Å². The molecule has 0 spiro atoms. The quantitative estimate of drug-likeness (QED) is 0.815. The molecule has 2 atom stereocenters. The number of nitrogens with two attached hydrogens (primary N) is 1. The normalized spacial score (nSPS) is 27.8. The van der Waals surface area contributed by atoms with Crippen LogP contribution in [0.25, 0.3) is 0 Å². The zero-order chi connectivity index (χ0) is 11.3. The topological polar surface area (TPSA) is 63.3 Å². The van der Waals surface area contributed by atoms with Crippen molar-refractivity contribution in [1.29, 1.82) is 0 Å². The van der Waals surface area contributed by atoms with E-state index in [4.69, 9.17) is 10.8 Å². The molecule has 3 N–H and O–H groups in total. The third kappa shape index (κ3) is 5.94. The Balaban J connectivity index is 0. The van der Waals surface area contributed by atoms with Crippen LogP contribution in [0.15, 0.2) is 0 Å². The highest BCUT2D eigenvalue weighted by molar-refractivity contribution is 5.85. The average molecular weight is 286 g/mol. The Labute approximate surface area is 116 Å². The molecule has 0 aromatic heterocycles. The number of rotatable bonds is 5. The van der Waals surface area contributed by atoms with E-state index in [9.17, 15) is 4.79 Å². The predicted octanol–water partition coefficient (Wildman–Crippen LogP) is 3.24. The number of carboxylic acid groups (broad SMARTS) is 1. The highest BCUT2D eigenvalue weighted by Gasteiger charge is 2.36. The van der Waals surface area contributed by atoms with Crippen molar-refractivity contribution in [2.75, 3.05) is 6.54 Å². The maximum atomic E-state index is 10.8. The molecule has 1 saturated carbocycles. The molecule has 0 heterocycles. The Morgan fingerprint density at radius 1 is 1.47 bits per heavy atom. The Morgan fingerprint density at radius 2 is 2.12 bits per heavy atom. The van der Waals surface area contributed by atoms with Crippen molar-refractivity contribution in [1.82, 2.24) is 0 Å². The Bertz CT molecular complexity index is 225. The van der Waals surface area contributed by atoms with Gasteiger partial charge in [0.15, 0.2) is 0 Å². The lowest BCUT2D eigenvalue weighted by Gasteiger charge is -2.39. The van der Waals surface area contributed by atoms with Crippen LogP contribution in [0.2, 0.25) is 0 Å². The number of halogens is 2. The minimum atomic E-state index is -0.697. The summed E-state index contributed by atoms with van der Waals surface area (Å²) in [5, 5.41) is 8.92. The summed E-state index contributed by atoms with van der Waals surface area (Å²) in [5.41, 5.74) is 5.67. The van der Waals surface area contributed by atoms with Crippen LogP contribution in [0.3, 0.4) is 0 Å². The van der Waals surface area contributed by atoms with Crippen LogP contribution in [-0.2, 0) is 4.79 Å². The summed E-state index contributed by atoms with van der Waals surface area (Å²) in [4.78, 5) is 10.8. The molecule has 0 aromatic rings. The second-order valence-electron chi connectivity index (χ2n) is 5.03. The molecule has 1 aliphatic rings. The van der Waals surface area contributed by atoms with Gasteiger partial charge in [0.25, 0.3) is 0 Å². The lowest BCUT2D eigenvalue weighted by Crippen LogP contribution is -2.37. The molecule has 1 fully saturated rings. The first kappa shape index (κ1) is 19.4. The van der Waals surface area contributed by atoms with E-state index >= 15 is 0 Å². The third-order valence-electron chi connectivity index (χ3n) is 3.70. The molecule has 0 aliphatic heterocycles. The van der Waals surface area contributed by atoms with Gasteiger partial charge >= 0.3 is 5.97 Å². The highest BCUT2D eigenvalue weighted by Crippen LogP contribution is 2.42. The molecule has 0 amide bonds. The lowest BCUT2D eigenvalue weighted by molar-refractivity contribution is -0.140. The van der Waals surface area contributed by atoms with Gasteiger partial charge in [-0.2, -0.15) is 0 Å². The number of hydrogen-bond acceptors (Lipinski definition) is 2. The van der Waals surface area contributed by atoms with Gasteiger partial charge in [0.1, 0.15) is 0 Å². The Hall–Kier alpha value is 0.01000. The van der Waals surface area contributed by atoms with Gasteiger partial charge in [0, 0.05) is 0 Å². The Kier molecular flexibility index (Phi) is 10.3. The second kappa shape index (κ2) is 9.01. The molecule has 2 unspecified atom stereocenters. The van der Waals surface area contributed by atoms with E-state index in [1.807, 2.05) is 0 Å². The summed E-state index contributed by atoms with van der Waals surface area (Å²) in [6, 6.07) is 0. The van der Waals surface area contributed by atoms with Gasteiger partial charge in [-0.05, 0) is 30.7 Å². The fourth-order valence-electron chi connectivity index (χ4n) is 2.98. The molecule has 3 nitrogen and oxygen atoms in total. The average Bonchev–Trinajstić information content (AvgIpc) is 2.18. The second-order valence-corrected chi connectivity index (χ2v) is 5.03. The SMILES string of the molecule is CCCC1CCCC(CN)(CC(=O)O)C1.Cl.Cl. The molecule has 1 aliphatic carbocycles. The maximum absolute atomic E-state index is 10.8. The van der Waals surface area contributed by atoms with Crippen LogP contribution in [0.5, 0.6) is 0 Å². The lowest BCUT2D eigenvalue weighted by atomic mass is 9.67. The van der Waals surface area contributed by atoms with Gasteiger partial charge in [-0.3, -0.25) is 4.79 Å². The van der Waals surface area contributed by atoms with Crippen molar-refractivity contribution in [2.45, 2.75) is 51.9 Å². The number of aliphatic carboxylic acids is 1. The largest absolute Gasteiger partial charge is 0.481 e. The van der Waals surface area contributed by atoms with Crippen molar-refractivity contribution in [3.05, 3.63) is 0 Å². The van der Waals surface area contributed by atoms with Crippen molar-refractivity contribution >= 4 is 30.8 Å². The summed E-state index contributed by atoms with van der Waals surface area (Å²) in [6.07, 6.45) is 7.09. The molecule has 17 heavy (non-hydrogen) atoms. The summed E-state index contributed by atoms with van der Waals surface area (Å²) >= 11 is 0. The zero-order valence-corrected chi connectivity index (χ0v) is 12.1.